The summed E-state index contributed by atoms with van der Waals surface area (Å²) in [6.07, 6.45) is 1.11. The predicted octanol–water partition coefficient (Wildman–Crippen LogP) is 3.01. The highest BCUT2D eigenvalue weighted by Gasteiger charge is 2.20. The second kappa shape index (κ2) is 5.50. The normalized spacial score (nSPS) is 21.1. The van der Waals surface area contributed by atoms with Crippen molar-refractivity contribution in [3.05, 3.63) is 29.8 Å². The van der Waals surface area contributed by atoms with Gasteiger partial charge in [-0.2, -0.15) is 8.78 Å². The molecule has 1 unspecified atom stereocenters. The molecule has 1 aliphatic rings. The molecule has 1 fully saturated rings. The van der Waals surface area contributed by atoms with Gasteiger partial charge in [0, 0.05) is 5.56 Å². The van der Waals surface area contributed by atoms with E-state index in [1.54, 1.807) is 23.9 Å². The quantitative estimate of drug-likeness (QED) is 0.884. The molecule has 1 aromatic rings. The zero-order valence-electron chi connectivity index (χ0n) is 8.66. The number of hydrogen-bond acceptors (Lipinski definition) is 3. The van der Waals surface area contributed by atoms with Gasteiger partial charge in [0.15, 0.2) is 0 Å². The largest absolute Gasteiger partial charge is 0.434 e. The molecule has 0 bridgehead atoms. The summed E-state index contributed by atoms with van der Waals surface area (Å²) in [5.74, 6) is 1.31. The Morgan fingerprint density at radius 1 is 1.38 bits per heavy atom. The van der Waals surface area contributed by atoms with Gasteiger partial charge in [-0.25, -0.2) is 0 Å². The molecule has 0 saturated carbocycles. The summed E-state index contributed by atoms with van der Waals surface area (Å²) >= 11 is 1.72. The van der Waals surface area contributed by atoms with Gasteiger partial charge in [0.2, 0.25) is 0 Å². The lowest BCUT2D eigenvalue weighted by Gasteiger charge is -2.25. The lowest BCUT2D eigenvalue weighted by Crippen LogP contribution is -2.25. The van der Waals surface area contributed by atoms with Crippen LogP contribution >= 0.6 is 11.8 Å². The SMILES string of the molecule is FC(F)Oc1ccccc1C1NCCCS1. The summed E-state index contributed by atoms with van der Waals surface area (Å²) in [6.45, 7) is -1.85. The molecule has 1 aromatic carbocycles. The van der Waals surface area contributed by atoms with Gasteiger partial charge in [-0.05, 0) is 24.8 Å². The van der Waals surface area contributed by atoms with Crippen molar-refractivity contribution in [2.75, 3.05) is 12.3 Å². The number of benzene rings is 1. The van der Waals surface area contributed by atoms with E-state index in [9.17, 15) is 8.78 Å². The number of thioether (sulfide) groups is 1. The summed E-state index contributed by atoms with van der Waals surface area (Å²) in [5.41, 5.74) is 0.799. The van der Waals surface area contributed by atoms with Crippen LogP contribution in [0.1, 0.15) is 17.4 Å². The molecule has 1 N–H and O–H groups in total. The first kappa shape index (κ1) is 11.7. The highest BCUT2D eigenvalue weighted by atomic mass is 32.2. The zero-order chi connectivity index (χ0) is 11.4. The molecule has 88 valence electrons. The molecule has 1 atom stereocenters. The Kier molecular flexibility index (Phi) is 4.01. The molecule has 2 rings (SSSR count). The number of nitrogens with one attached hydrogen (secondary N) is 1. The first-order valence-corrected chi connectivity index (χ1v) is 6.21. The molecule has 2 nitrogen and oxygen atoms in total. The molecule has 0 radical (unpaired) electrons. The second-order valence-electron chi connectivity index (χ2n) is 3.47. The minimum Gasteiger partial charge on any atom is -0.434 e. The lowest BCUT2D eigenvalue weighted by molar-refractivity contribution is -0.0505. The van der Waals surface area contributed by atoms with Crippen LogP contribution in [0.15, 0.2) is 24.3 Å². The Bertz CT molecular complexity index is 343. The van der Waals surface area contributed by atoms with Gasteiger partial charge in [-0.3, -0.25) is 0 Å². The molecule has 0 aromatic heterocycles. The predicted molar refractivity (Wildman–Crippen MR) is 60.9 cm³/mol. The van der Waals surface area contributed by atoms with E-state index in [-0.39, 0.29) is 11.1 Å². The van der Waals surface area contributed by atoms with E-state index in [4.69, 9.17) is 0 Å². The van der Waals surface area contributed by atoms with Crippen molar-refractivity contribution in [1.82, 2.24) is 5.32 Å². The molecule has 1 saturated heterocycles. The summed E-state index contributed by atoms with van der Waals surface area (Å²) in [5, 5.41) is 3.35. The standard InChI is InChI=1S/C11H13F2NOS/c12-11(13)15-9-5-2-1-4-8(9)10-14-6-3-7-16-10/h1-2,4-5,10-11,14H,3,6-7H2. The van der Waals surface area contributed by atoms with Crippen LogP contribution in [-0.2, 0) is 0 Å². The molecule has 1 heterocycles. The van der Waals surface area contributed by atoms with Crippen molar-refractivity contribution < 1.29 is 13.5 Å². The van der Waals surface area contributed by atoms with Crippen molar-refractivity contribution in [3.63, 3.8) is 0 Å². The monoisotopic (exact) mass is 245 g/mol. The number of hydrogen-bond donors (Lipinski definition) is 1. The Hall–Kier alpha value is -0.810. The Labute approximate surface area is 97.4 Å². The van der Waals surface area contributed by atoms with Crippen molar-refractivity contribution in [1.29, 1.82) is 0 Å². The van der Waals surface area contributed by atoms with Crippen molar-refractivity contribution in [2.24, 2.45) is 0 Å². The maximum Gasteiger partial charge on any atom is 0.387 e. The third kappa shape index (κ3) is 2.86. The van der Waals surface area contributed by atoms with E-state index < -0.39 is 6.61 Å². The van der Waals surface area contributed by atoms with E-state index in [1.807, 2.05) is 12.1 Å². The van der Waals surface area contributed by atoms with Crippen molar-refractivity contribution in [2.45, 2.75) is 18.4 Å². The van der Waals surface area contributed by atoms with Crippen LogP contribution in [0.25, 0.3) is 0 Å². The lowest BCUT2D eigenvalue weighted by atomic mass is 10.2. The molecule has 5 heteroatoms. The number of rotatable bonds is 3. The minimum atomic E-state index is -2.77. The maximum absolute atomic E-state index is 12.2. The van der Waals surface area contributed by atoms with Gasteiger partial charge >= 0.3 is 6.61 Å². The van der Waals surface area contributed by atoms with Crippen LogP contribution in [0.2, 0.25) is 0 Å². The van der Waals surface area contributed by atoms with Crippen LogP contribution in [0.3, 0.4) is 0 Å². The third-order valence-electron chi connectivity index (χ3n) is 2.35. The van der Waals surface area contributed by atoms with Crippen LogP contribution in [-0.4, -0.2) is 18.9 Å². The maximum atomic E-state index is 12.2. The van der Waals surface area contributed by atoms with Crippen molar-refractivity contribution in [3.8, 4) is 5.75 Å². The molecule has 1 aliphatic heterocycles. The fourth-order valence-corrected chi connectivity index (χ4v) is 2.82. The Morgan fingerprint density at radius 2 is 2.19 bits per heavy atom. The van der Waals surface area contributed by atoms with Crippen LogP contribution < -0.4 is 10.1 Å². The van der Waals surface area contributed by atoms with Gasteiger partial charge in [0.05, 0.1) is 5.37 Å². The summed E-state index contributed by atoms with van der Waals surface area (Å²) in [4.78, 5) is 0. The Balaban J connectivity index is 2.17. The average molecular weight is 245 g/mol. The molecule has 0 amide bonds. The first-order valence-electron chi connectivity index (χ1n) is 5.16. The van der Waals surface area contributed by atoms with Gasteiger partial charge in [0.25, 0.3) is 0 Å². The number of halogens is 2. The zero-order valence-corrected chi connectivity index (χ0v) is 9.47. The topological polar surface area (TPSA) is 21.3 Å². The van der Waals surface area contributed by atoms with Gasteiger partial charge in [-0.15, -0.1) is 11.8 Å². The molecular weight excluding hydrogens is 232 g/mol. The number of para-hydroxylation sites is 1. The van der Waals surface area contributed by atoms with E-state index in [2.05, 4.69) is 10.1 Å². The van der Waals surface area contributed by atoms with Gasteiger partial charge in [0.1, 0.15) is 5.75 Å². The van der Waals surface area contributed by atoms with Gasteiger partial charge < -0.3 is 10.1 Å². The molecular formula is C11H13F2NOS. The average Bonchev–Trinajstić information content (AvgIpc) is 2.30. The summed E-state index contributed by atoms with van der Waals surface area (Å²) < 4.78 is 28.9. The van der Waals surface area contributed by atoms with E-state index >= 15 is 0 Å². The summed E-state index contributed by atoms with van der Waals surface area (Å²) in [7, 11) is 0. The molecule has 16 heavy (non-hydrogen) atoms. The van der Waals surface area contributed by atoms with Crippen LogP contribution in [0, 0.1) is 0 Å². The Morgan fingerprint density at radius 3 is 2.88 bits per heavy atom. The highest BCUT2D eigenvalue weighted by molar-refractivity contribution is 7.99. The minimum absolute atomic E-state index is 0.0590. The molecule has 0 aliphatic carbocycles. The number of alkyl halides is 2. The van der Waals surface area contributed by atoms with E-state index in [1.165, 1.54) is 0 Å². The van der Waals surface area contributed by atoms with Gasteiger partial charge in [-0.1, -0.05) is 18.2 Å². The fraction of sp³-hybridized carbons (Fsp3) is 0.455. The fourth-order valence-electron chi connectivity index (χ4n) is 1.67. The molecule has 0 spiro atoms. The first-order chi connectivity index (χ1) is 7.77. The van der Waals surface area contributed by atoms with Crippen molar-refractivity contribution >= 4 is 11.8 Å². The number of ether oxygens (including phenoxy) is 1. The highest BCUT2D eigenvalue weighted by Crippen LogP contribution is 2.35. The van der Waals surface area contributed by atoms with Crippen LogP contribution in [0.4, 0.5) is 8.78 Å². The second-order valence-corrected chi connectivity index (χ2v) is 4.69. The third-order valence-corrected chi connectivity index (χ3v) is 3.63. The smallest absolute Gasteiger partial charge is 0.387 e. The van der Waals surface area contributed by atoms with Crippen LogP contribution in [0.5, 0.6) is 5.75 Å². The van der Waals surface area contributed by atoms with E-state index in [0.717, 1.165) is 24.3 Å². The van der Waals surface area contributed by atoms with E-state index in [0.29, 0.717) is 0 Å². The summed E-state index contributed by atoms with van der Waals surface area (Å²) in [6, 6.07) is 6.95.